The van der Waals surface area contributed by atoms with E-state index in [1.165, 1.54) is 31.1 Å². The number of hydrogen-bond donors (Lipinski definition) is 0. The summed E-state index contributed by atoms with van der Waals surface area (Å²) in [6.45, 7) is 0. The van der Waals surface area contributed by atoms with E-state index < -0.39 is 6.08 Å². The Morgan fingerprint density at radius 3 is 2.27 bits per heavy atom. The quantitative estimate of drug-likeness (QED) is 0.176. The molecule has 6 aromatic carbocycles. The summed E-state index contributed by atoms with van der Waals surface area (Å²) >= 11 is 1.83. The first-order chi connectivity index (χ1) is 22.2. The monoisotopic (exact) mass is 598 g/mol. The van der Waals surface area contributed by atoms with Gasteiger partial charge in [-0.2, -0.15) is 14.4 Å². The van der Waals surface area contributed by atoms with Gasteiger partial charge in [0.05, 0.1) is 38.2 Å². The Balaban J connectivity index is 1.40. The predicted octanol–water partition coefficient (Wildman–Crippen LogP) is 10.9. The van der Waals surface area contributed by atoms with Crippen molar-refractivity contribution in [1.82, 2.24) is 14.5 Å². The van der Waals surface area contributed by atoms with Crippen LogP contribution >= 0.6 is 11.3 Å². The van der Waals surface area contributed by atoms with Crippen molar-refractivity contribution in [2.75, 3.05) is 4.90 Å². The minimum Gasteiger partial charge on any atom is -0.437 e. The van der Waals surface area contributed by atoms with Crippen LogP contribution in [-0.4, -0.2) is 14.5 Å². The molecule has 0 bridgehead atoms. The zero-order valence-corrected chi connectivity index (χ0v) is 24.3. The van der Waals surface area contributed by atoms with Gasteiger partial charge >= 0.3 is 6.08 Å². The van der Waals surface area contributed by atoms with Crippen LogP contribution in [0.2, 0.25) is 0 Å². The van der Waals surface area contributed by atoms with Crippen LogP contribution in [-0.2, 0) is 0 Å². The minimum absolute atomic E-state index is 0.228. The highest BCUT2D eigenvalue weighted by molar-refractivity contribution is 7.26. The molecule has 0 radical (unpaired) electrons. The minimum atomic E-state index is -0.830. The summed E-state index contributed by atoms with van der Waals surface area (Å²) in [6, 6.07) is 39.9. The fraction of sp³-hybridized carbons (Fsp3) is 0. The van der Waals surface area contributed by atoms with E-state index in [4.69, 9.17) is 4.42 Å². The van der Waals surface area contributed by atoms with E-state index in [0.29, 0.717) is 16.8 Å². The fourth-order valence-corrected chi connectivity index (χ4v) is 8.71. The van der Waals surface area contributed by atoms with Crippen molar-refractivity contribution in [3.63, 3.8) is 0 Å². The van der Waals surface area contributed by atoms with Crippen molar-refractivity contribution in [1.29, 1.82) is 0 Å². The summed E-state index contributed by atoms with van der Waals surface area (Å²) in [5, 5.41) is 8.51. The highest BCUT2D eigenvalue weighted by atomic mass is 32.1. The standard InChI is InChI=1S/C38H19FN4OS/c39-38-40-36(31-25-12-3-7-15-29(25)44-37(31)41-38)43-28-14-6-5-13-27(28)42-33-26(19-20-9-1-2-10-21(20)32(33)43)23-17-18-24-22-11-4-8-16-30(22)45-35(24)34(23)42/h1-19H. The molecule has 0 spiro atoms. The fourth-order valence-electron chi connectivity index (χ4n) is 7.47. The number of hydrogen-bond acceptors (Lipinski definition) is 5. The van der Waals surface area contributed by atoms with Crippen molar-refractivity contribution in [2.24, 2.45) is 0 Å². The highest BCUT2D eigenvalue weighted by Gasteiger charge is 2.34. The molecule has 210 valence electrons. The Bertz CT molecular complexity index is 2920. The molecule has 0 saturated heterocycles. The molecule has 10 aromatic rings. The molecule has 1 aliphatic rings. The summed E-state index contributed by atoms with van der Waals surface area (Å²) in [5.74, 6) is 0.455. The number of fused-ring (bicyclic) bond motifs is 14. The lowest BCUT2D eigenvalue weighted by molar-refractivity contribution is 0.531. The van der Waals surface area contributed by atoms with Crippen molar-refractivity contribution >= 4 is 103 Å². The van der Waals surface area contributed by atoms with Crippen LogP contribution in [0.1, 0.15) is 0 Å². The van der Waals surface area contributed by atoms with Crippen LogP contribution in [0.15, 0.2) is 120 Å². The third-order valence-electron chi connectivity index (χ3n) is 9.24. The number of rotatable bonds is 1. The normalized spacial score (nSPS) is 13.0. The molecule has 0 amide bonds. The maximum atomic E-state index is 15.4. The average molecular weight is 599 g/mol. The van der Waals surface area contributed by atoms with E-state index in [2.05, 4.69) is 104 Å². The van der Waals surface area contributed by atoms with E-state index in [1.807, 2.05) is 41.7 Å². The second-order valence-electron chi connectivity index (χ2n) is 11.5. The summed E-state index contributed by atoms with van der Waals surface area (Å²) in [5.41, 5.74) is 5.98. The SMILES string of the molecule is Fc1nc(N2c3ccccc3-n3c4c2c2ccccc2cc4c2ccc4c5ccccc5sc4c23)c2c(n1)oc1ccccc12. The Morgan fingerprint density at radius 2 is 1.36 bits per heavy atom. The number of thiophene rings is 1. The molecule has 1 aliphatic heterocycles. The number of anilines is 3. The van der Waals surface area contributed by atoms with Gasteiger partial charge in [0.15, 0.2) is 5.82 Å². The largest absolute Gasteiger partial charge is 0.437 e. The van der Waals surface area contributed by atoms with Gasteiger partial charge in [0.25, 0.3) is 0 Å². The van der Waals surface area contributed by atoms with E-state index in [1.54, 1.807) is 0 Å². The lowest BCUT2D eigenvalue weighted by Crippen LogP contribution is -2.20. The first kappa shape index (κ1) is 23.6. The zero-order chi connectivity index (χ0) is 29.4. The van der Waals surface area contributed by atoms with Gasteiger partial charge in [-0.1, -0.05) is 84.9 Å². The average Bonchev–Trinajstić information content (AvgIpc) is 3.74. The molecule has 7 heteroatoms. The van der Waals surface area contributed by atoms with Crippen LogP contribution < -0.4 is 4.90 Å². The smallest absolute Gasteiger partial charge is 0.313 e. The van der Waals surface area contributed by atoms with Crippen molar-refractivity contribution < 1.29 is 8.81 Å². The molecule has 0 saturated carbocycles. The van der Waals surface area contributed by atoms with Gasteiger partial charge in [0, 0.05) is 37.0 Å². The molecule has 0 aliphatic carbocycles. The molecular weight excluding hydrogens is 580 g/mol. The Morgan fingerprint density at radius 1 is 0.622 bits per heavy atom. The van der Waals surface area contributed by atoms with Gasteiger partial charge in [-0.25, -0.2) is 0 Å². The highest BCUT2D eigenvalue weighted by Crippen LogP contribution is 2.55. The van der Waals surface area contributed by atoms with E-state index in [-0.39, 0.29) is 5.71 Å². The zero-order valence-electron chi connectivity index (χ0n) is 23.5. The molecule has 5 nitrogen and oxygen atoms in total. The van der Waals surface area contributed by atoms with Gasteiger partial charge in [-0.3, -0.25) is 4.90 Å². The summed E-state index contributed by atoms with van der Waals surface area (Å²) in [6.07, 6.45) is -0.830. The number of halogens is 1. The van der Waals surface area contributed by atoms with Crippen LogP contribution in [0, 0.1) is 6.08 Å². The maximum absolute atomic E-state index is 15.4. The third-order valence-corrected chi connectivity index (χ3v) is 10.4. The van der Waals surface area contributed by atoms with E-state index in [0.717, 1.165) is 44.1 Å². The van der Waals surface area contributed by atoms with Crippen LogP contribution in [0.3, 0.4) is 0 Å². The van der Waals surface area contributed by atoms with Gasteiger partial charge in [0.2, 0.25) is 5.71 Å². The molecule has 0 unspecified atom stereocenters. The predicted molar refractivity (Wildman–Crippen MR) is 182 cm³/mol. The summed E-state index contributed by atoms with van der Waals surface area (Å²) in [7, 11) is 0. The number of para-hydroxylation sites is 3. The maximum Gasteiger partial charge on any atom is 0.313 e. The number of benzene rings is 6. The van der Waals surface area contributed by atoms with Gasteiger partial charge < -0.3 is 8.98 Å². The second-order valence-corrected chi connectivity index (χ2v) is 12.6. The molecule has 0 N–H and O–H groups in total. The van der Waals surface area contributed by atoms with Crippen molar-refractivity contribution in [3.8, 4) is 5.69 Å². The summed E-state index contributed by atoms with van der Waals surface area (Å²) < 4.78 is 26.4. The lowest BCUT2D eigenvalue weighted by Gasteiger charge is -2.33. The molecule has 0 atom stereocenters. The van der Waals surface area contributed by atoms with Crippen LogP contribution in [0.25, 0.3) is 80.5 Å². The van der Waals surface area contributed by atoms with Gasteiger partial charge in [-0.15, -0.1) is 11.3 Å². The number of nitrogens with zero attached hydrogens (tertiary/aromatic N) is 4. The van der Waals surface area contributed by atoms with E-state index in [9.17, 15) is 0 Å². The van der Waals surface area contributed by atoms with E-state index >= 15 is 4.39 Å². The van der Waals surface area contributed by atoms with Crippen LogP contribution in [0.4, 0.5) is 21.6 Å². The lowest BCUT2D eigenvalue weighted by atomic mass is 10.0. The number of aromatic nitrogens is 3. The topological polar surface area (TPSA) is 47.1 Å². The Kier molecular flexibility index (Phi) is 4.32. The Hall–Kier alpha value is -5.79. The third kappa shape index (κ3) is 2.91. The Labute approximate surface area is 258 Å². The molecule has 11 rings (SSSR count). The molecule has 45 heavy (non-hydrogen) atoms. The molecule has 4 aromatic heterocycles. The van der Waals surface area contributed by atoms with Crippen molar-refractivity contribution in [2.45, 2.75) is 0 Å². The molecule has 0 fully saturated rings. The first-order valence-electron chi connectivity index (χ1n) is 14.8. The van der Waals surface area contributed by atoms with Gasteiger partial charge in [-0.05, 0) is 35.7 Å². The second kappa shape index (κ2) is 8.22. The van der Waals surface area contributed by atoms with Crippen molar-refractivity contribution in [3.05, 3.63) is 121 Å². The first-order valence-corrected chi connectivity index (χ1v) is 15.6. The van der Waals surface area contributed by atoms with Gasteiger partial charge in [0.1, 0.15) is 5.58 Å². The molecular formula is C38H19FN4OS. The number of furan rings is 1. The molecule has 5 heterocycles. The van der Waals surface area contributed by atoms with Crippen LogP contribution in [0.5, 0.6) is 0 Å². The summed E-state index contributed by atoms with van der Waals surface area (Å²) in [4.78, 5) is 10.7.